The third-order valence-corrected chi connectivity index (χ3v) is 2.71. The normalized spacial score (nSPS) is 12.1. The lowest BCUT2D eigenvalue weighted by molar-refractivity contribution is -0.126. The van der Waals surface area contributed by atoms with Crippen LogP contribution in [0.3, 0.4) is 0 Å². The molecule has 106 valence electrons. The van der Waals surface area contributed by atoms with Crippen molar-refractivity contribution in [3.05, 3.63) is 30.1 Å². The van der Waals surface area contributed by atoms with Crippen LogP contribution < -0.4 is 5.32 Å². The maximum atomic E-state index is 11.5. The van der Waals surface area contributed by atoms with Gasteiger partial charge >= 0.3 is 0 Å². The predicted octanol–water partition coefficient (Wildman–Crippen LogP) is 1.44. The van der Waals surface area contributed by atoms with Crippen molar-refractivity contribution in [3.8, 4) is 0 Å². The smallest absolute Gasteiger partial charge is 0.246 e. The van der Waals surface area contributed by atoms with Gasteiger partial charge in [-0.05, 0) is 24.1 Å². The van der Waals surface area contributed by atoms with Crippen LogP contribution in [-0.4, -0.2) is 35.8 Å². The number of rotatable bonds is 9. The summed E-state index contributed by atoms with van der Waals surface area (Å²) in [6, 6.07) is 3.44. The lowest BCUT2D eigenvalue weighted by Crippen LogP contribution is -2.31. The van der Waals surface area contributed by atoms with E-state index >= 15 is 0 Å². The van der Waals surface area contributed by atoms with Crippen LogP contribution in [0, 0.1) is 0 Å². The van der Waals surface area contributed by atoms with Crippen molar-refractivity contribution in [2.75, 3.05) is 19.8 Å². The molecule has 0 bridgehead atoms. The summed E-state index contributed by atoms with van der Waals surface area (Å²) < 4.78 is 5.23. The molecule has 19 heavy (non-hydrogen) atoms. The molecular formula is C14H22N2O3. The van der Waals surface area contributed by atoms with Crippen LogP contribution in [0.25, 0.3) is 0 Å². The average Bonchev–Trinajstić information content (AvgIpc) is 2.45. The van der Waals surface area contributed by atoms with Crippen LogP contribution in [0.4, 0.5) is 0 Å². The van der Waals surface area contributed by atoms with Crippen LogP contribution in [0.1, 0.15) is 37.9 Å². The van der Waals surface area contributed by atoms with E-state index in [0.717, 1.165) is 24.8 Å². The van der Waals surface area contributed by atoms with Gasteiger partial charge in [0.15, 0.2) is 0 Å². The van der Waals surface area contributed by atoms with Crippen molar-refractivity contribution in [1.82, 2.24) is 10.3 Å². The Hall–Kier alpha value is -1.46. The van der Waals surface area contributed by atoms with Crippen LogP contribution >= 0.6 is 0 Å². The molecule has 0 saturated heterocycles. The lowest BCUT2D eigenvalue weighted by Gasteiger charge is -2.12. The molecule has 2 N–H and O–H groups in total. The van der Waals surface area contributed by atoms with Crippen LogP contribution in [0.2, 0.25) is 0 Å². The second-order valence-corrected chi connectivity index (χ2v) is 4.36. The third-order valence-electron chi connectivity index (χ3n) is 2.71. The van der Waals surface area contributed by atoms with Crippen molar-refractivity contribution >= 4 is 5.91 Å². The van der Waals surface area contributed by atoms with Gasteiger partial charge in [-0.1, -0.05) is 19.8 Å². The van der Waals surface area contributed by atoms with Gasteiger partial charge in [-0.2, -0.15) is 0 Å². The Bertz CT molecular complexity index is 357. The van der Waals surface area contributed by atoms with Crippen molar-refractivity contribution in [2.45, 2.75) is 32.3 Å². The number of nitrogens with zero attached hydrogens (tertiary/aromatic N) is 1. The van der Waals surface area contributed by atoms with Crippen LogP contribution in [0.15, 0.2) is 24.5 Å². The van der Waals surface area contributed by atoms with E-state index in [2.05, 4.69) is 17.2 Å². The largest absolute Gasteiger partial charge is 0.387 e. The summed E-state index contributed by atoms with van der Waals surface area (Å²) in [4.78, 5) is 15.3. The van der Waals surface area contributed by atoms with E-state index in [1.54, 1.807) is 24.5 Å². The number of amides is 1. The zero-order valence-electron chi connectivity index (χ0n) is 11.3. The molecular weight excluding hydrogens is 244 g/mol. The molecule has 0 fully saturated rings. The summed E-state index contributed by atoms with van der Waals surface area (Å²) in [5, 5.41) is 12.5. The maximum Gasteiger partial charge on any atom is 0.246 e. The molecule has 1 amide bonds. The molecule has 1 atom stereocenters. The number of pyridine rings is 1. The number of carbonyl (C=O) groups is 1. The number of hydrogen-bond acceptors (Lipinski definition) is 4. The fourth-order valence-corrected chi connectivity index (χ4v) is 1.58. The minimum absolute atomic E-state index is 0.0484. The Morgan fingerprint density at radius 3 is 2.84 bits per heavy atom. The van der Waals surface area contributed by atoms with Gasteiger partial charge in [-0.3, -0.25) is 9.78 Å². The third kappa shape index (κ3) is 6.88. The molecule has 5 nitrogen and oxygen atoms in total. The SMILES string of the molecule is CCCCCOCC(=O)NCC(O)c1ccncc1. The monoisotopic (exact) mass is 266 g/mol. The fourth-order valence-electron chi connectivity index (χ4n) is 1.58. The van der Waals surface area contributed by atoms with E-state index in [0.29, 0.717) is 6.61 Å². The highest BCUT2D eigenvalue weighted by atomic mass is 16.5. The summed E-state index contributed by atoms with van der Waals surface area (Å²) in [7, 11) is 0. The molecule has 0 spiro atoms. The van der Waals surface area contributed by atoms with Crippen molar-refractivity contribution in [1.29, 1.82) is 0 Å². The molecule has 1 unspecified atom stereocenters. The van der Waals surface area contributed by atoms with Gasteiger partial charge in [0.25, 0.3) is 0 Å². The fraction of sp³-hybridized carbons (Fsp3) is 0.571. The topological polar surface area (TPSA) is 71.5 Å². The minimum Gasteiger partial charge on any atom is -0.387 e. The number of aliphatic hydroxyl groups is 1. The molecule has 1 aromatic rings. The summed E-state index contributed by atoms with van der Waals surface area (Å²) in [5.74, 6) is -0.204. The molecule has 1 rings (SSSR count). The summed E-state index contributed by atoms with van der Waals surface area (Å²) in [5.41, 5.74) is 0.735. The van der Waals surface area contributed by atoms with Gasteiger partial charge < -0.3 is 15.2 Å². The van der Waals surface area contributed by atoms with Gasteiger partial charge in [-0.15, -0.1) is 0 Å². The number of hydrogen-bond donors (Lipinski definition) is 2. The number of aromatic nitrogens is 1. The highest BCUT2D eigenvalue weighted by Crippen LogP contribution is 2.09. The van der Waals surface area contributed by atoms with E-state index in [-0.39, 0.29) is 19.1 Å². The number of carbonyl (C=O) groups excluding carboxylic acids is 1. The van der Waals surface area contributed by atoms with Gasteiger partial charge in [0.2, 0.25) is 5.91 Å². The van der Waals surface area contributed by atoms with E-state index in [1.807, 2.05) is 0 Å². The molecule has 0 aliphatic rings. The minimum atomic E-state index is -0.716. The van der Waals surface area contributed by atoms with E-state index in [4.69, 9.17) is 4.74 Å². The Kier molecular flexibility index (Phi) is 7.77. The summed E-state index contributed by atoms with van der Waals surface area (Å²) in [6.45, 7) is 2.95. The zero-order valence-corrected chi connectivity index (χ0v) is 11.3. The van der Waals surface area contributed by atoms with Crippen LogP contribution in [0.5, 0.6) is 0 Å². The molecule has 0 aliphatic carbocycles. The van der Waals surface area contributed by atoms with Gasteiger partial charge in [0.05, 0.1) is 6.10 Å². The van der Waals surface area contributed by atoms with E-state index in [1.165, 1.54) is 0 Å². The van der Waals surface area contributed by atoms with Gasteiger partial charge in [0.1, 0.15) is 6.61 Å². The highest BCUT2D eigenvalue weighted by Gasteiger charge is 2.09. The van der Waals surface area contributed by atoms with Crippen molar-refractivity contribution in [3.63, 3.8) is 0 Å². The lowest BCUT2D eigenvalue weighted by atomic mass is 10.1. The molecule has 1 aromatic heterocycles. The molecule has 0 radical (unpaired) electrons. The first kappa shape index (κ1) is 15.6. The average molecular weight is 266 g/mol. The molecule has 0 saturated carbocycles. The van der Waals surface area contributed by atoms with Crippen LogP contribution in [-0.2, 0) is 9.53 Å². The zero-order chi connectivity index (χ0) is 13.9. The summed E-state index contributed by atoms with van der Waals surface area (Å²) >= 11 is 0. The first-order valence-corrected chi connectivity index (χ1v) is 6.66. The Morgan fingerprint density at radius 2 is 2.16 bits per heavy atom. The van der Waals surface area contributed by atoms with Gasteiger partial charge in [0, 0.05) is 25.5 Å². The second kappa shape index (κ2) is 9.47. The quantitative estimate of drug-likeness (QED) is 0.663. The Balaban J connectivity index is 2.13. The first-order valence-electron chi connectivity index (χ1n) is 6.66. The van der Waals surface area contributed by atoms with E-state index in [9.17, 15) is 9.90 Å². The first-order chi connectivity index (χ1) is 9.24. The molecule has 1 heterocycles. The number of unbranched alkanes of at least 4 members (excludes halogenated alkanes) is 2. The Morgan fingerprint density at radius 1 is 1.42 bits per heavy atom. The molecule has 0 aromatic carbocycles. The Labute approximate surface area is 114 Å². The number of nitrogens with one attached hydrogen (secondary N) is 1. The number of ether oxygens (including phenoxy) is 1. The molecule has 5 heteroatoms. The second-order valence-electron chi connectivity index (χ2n) is 4.36. The van der Waals surface area contributed by atoms with Gasteiger partial charge in [-0.25, -0.2) is 0 Å². The maximum absolute atomic E-state index is 11.5. The highest BCUT2D eigenvalue weighted by molar-refractivity contribution is 5.77. The predicted molar refractivity (Wildman–Crippen MR) is 72.6 cm³/mol. The molecule has 0 aliphatic heterocycles. The van der Waals surface area contributed by atoms with Crippen molar-refractivity contribution < 1.29 is 14.6 Å². The van der Waals surface area contributed by atoms with Crippen molar-refractivity contribution in [2.24, 2.45) is 0 Å². The number of aliphatic hydroxyl groups excluding tert-OH is 1. The standard InChI is InChI=1S/C14H22N2O3/c1-2-3-4-9-19-11-14(18)16-10-13(17)12-5-7-15-8-6-12/h5-8,13,17H,2-4,9-11H2,1H3,(H,16,18). The van der Waals surface area contributed by atoms with E-state index < -0.39 is 6.10 Å². The summed E-state index contributed by atoms with van der Waals surface area (Å²) in [6.07, 6.45) is 5.72.